The van der Waals surface area contributed by atoms with Gasteiger partial charge in [0.15, 0.2) is 0 Å². The Morgan fingerprint density at radius 2 is 0.746 bits per heavy atom. The number of carbonyl (C=O) groups excluding carboxylic acids is 3. The maximum atomic E-state index is 11.6. The summed E-state index contributed by atoms with van der Waals surface area (Å²) in [5.41, 5.74) is 7.98. The lowest BCUT2D eigenvalue weighted by atomic mass is 9.80. The second-order valence-corrected chi connectivity index (χ2v) is 18.0. The number of benzene rings is 2. The van der Waals surface area contributed by atoms with E-state index in [1.807, 2.05) is 0 Å². The molecule has 4 heterocycles. The Hall–Kier alpha value is -4.03. The van der Waals surface area contributed by atoms with E-state index in [4.69, 9.17) is 43.0 Å². The van der Waals surface area contributed by atoms with Gasteiger partial charge in [0.05, 0.1) is 27.9 Å². The van der Waals surface area contributed by atoms with Gasteiger partial charge in [0.25, 0.3) is 0 Å². The molecule has 0 spiro atoms. The second kappa shape index (κ2) is 18.7. The Balaban J connectivity index is 0.000000224. The zero-order valence-corrected chi connectivity index (χ0v) is 37.5. The van der Waals surface area contributed by atoms with Crippen molar-refractivity contribution in [3.63, 3.8) is 0 Å². The number of hydrogen-bond donors (Lipinski definition) is 1. The summed E-state index contributed by atoms with van der Waals surface area (Å²) < 4.78 is 45.6. The van der Waals surface area contributed by atoms with Gasteiger partial charge in [0.2, 0.25) is 0 Å². The van der Waals surface area contributed by atoms with Crippen LogP contribution in [0.1, 0.15) is 143 Å². The molecular weight excluding hydrogens is 757 g/mol. The Bertz CT molecular complexity index is 1820. The number of fused-ring (bicyclic) bond motifs is 6. The highest BCUT2D eigenvalue weighted by atomic mass is 16.6. The Kier molecular flexibility index (Phi) is 14.6. The zero-order valence-electron chi connectivity index (χ0n) is 37.5. The molecule has 4 unspecified atom stereocenters. The molecule has 0 fully saturated rings. The fourth-order valence-electron chi connectivity index (χ4n) is 8.95. The third kappa shape index (κ3) is 10.5. The SMILES string of the molecule is COC(=O)CCC1(C)CCc2c3c(c(C)c(C)c2O1)OC(C)(CCC(=O)OC)CC3.COC(=O)CCC1(C)CCc2c3c(c(C)c(C)c2O1)OC(C)(CCOCO)CC3. The van der Waals surface area contributed by atoms with Crippen molar-refractivity contribution in [1.82, 2.24) is 0 Å². The average molecular weight is 825 g/mol. The van der Waals surface area contributed by atoms with Gasteiger partial charge in [-0.25, -0.2) is 0 Å². The molecule has 0 amide bonds. The van der Waals surface area contributed by atoms with E-state index in [1.165, 1.54) is 43.6 Å². The third-order valence-corrected chi connectivity index (χ3v) is 13.4. The fourth-order valence-corrected chi connectivity index (χ4v) is 8.95. The molecule has 4 aliphatic heterocycles. The molecule has 59 heavy (non-hydrogen) atoms. The monoisotopic (exact) mass is 824 g/mol. The average Bonchev–Trinajstić information content (AvgIpc) is 3.22. The van der Waals surface area contributed by atoms with E-state index >= 15 is 0 Å². The molecule has 4 aliphatic rings. The molecule has 6 rings (SSSR count). The first-order valence-electron chi connectivity index (χ1n) is 21.3. The van der Waals surface area contributed by atoms with Crippen molar-refractivity contribution >= 4 is 17.9 Å². The number of hydrogen-bond acceptors (Lipinski definition) is 12. The third-order valence-electron chi connectivity index (χ3n) is 13.4. The van der Waals surface area contributed by atoms with Gasteiger partial charge in [-0.3, -0.25) is 14.4 Å². The van der Waals surface area contributed by atoms with Crippen molar-refractivity contribution < 1.29 is 57.4 Å². The van der Waals surface area contributed by atoms with Gasteiger partial charge in [-0.05, 0) is 148 Å². The van der Waals surface area contributed by atoms with Gasteiger partial charge < -0.3 is 43.0 Å². The van der Waals surface area contributed by atoms with Crippen LogP contribution in [0.15, 0.2) is 0 Å². The van der Waals surface area contributed by atoms with E-state index < -0.39 is 0 Å². The molecule has 12 heteroatoms. The molecule has 0 aliphatic carbocycles. The summed E-state index contributed by atoms with van der Waals surface area (Å²) in [6, 6.07) is 0. The summed E-state index contributed by atoms with van der Waals surface area (Å²) in [6.45, 7) is 16.9. The normalized spacial score (nSPS) is 25.1. The number of rotatable bonds is 13. The predicted molar refractivity (Wildman–Crippen MR) is 223 cm³/mol. The molecule has 0 aromatic heterocycles. The van der Waals surface area contributed by atoms with Gasteiger partial charge in [-0.1, -0.05) is 0 Å². The topological polar surface area (TPSA) is 145 Å². The molecular formula is C47H68O12. The van der Waals surface area contributed by atoms with E-state index in [2.05, 4.69) is 55.4 Å². The summed E-state index contributed by atoms with van der Waals surface area (Å²) in [4.78, 5) is 34.8. The summed E-state index contributed by atoms with van der Waals surface area (Å²) in [5.74, 6) is 3.25. The first kappa shape index (κ1) is 46.0. The second-order valence-electron chi connectivity index (χ2n) is 18.0. The minimum atomic E-state index is -0.378. The highest BCUT2D eigenvalue weighted by molar-refractivity contribution is 5.70. The van der Waals surface area contributed by atoms with Crippen molar-refractivity contribution in [3.8, 4) is 23.0 Å². The number of aliphatic hydroxyl groups excluding tert-OH is 1. The molecule has 0 bridgehead atoms. The fraction of sp³-hybridized carbons (Fsp3) is 0.681. The molecule has 0 radical (unpaired) electrons. The molecule has 0 saturated carbocycles. The first-order chi connectivity index (χ1) is 27.8. The maximum absolute atomic E-state index is 11.6. The molecule has 12 nitrogen and oxygen atoms in total. The van der Waals surface area contributed by atoms with Crippen molar-refractivity contribution in [1.29, 1.82) is 0 Å². The lowest BCUT2D eigenvalue weighted by Gasteiger charge is -2.42. The van der Waals surface area contributed by atoms with Crippen molar-refractivity contribution in [3.05, 3.63) is 44.5 Å². The van der Waals surface area contributed by atoms with Gasteiger partial charge in [-0.15, -0.1) is 0 Å². The lowest BCUT2D eigenvalue weighted by molar-refractivity contribution is -0.142. The quantitative estimate of drug-likeness (QED) is 0.0901. The van der Waals surface area contributed by atoms with Crippen LogP contribution >= 0.6 is 0 Å². The number of carbonyl (C=O) groups is 3. The molecule has 2 aromatic carbocycles. The zero-order chi connectivity index (χ0) is 43.3. The summed E-state index contributed by atoms with van der Waals surface area (Å²) >= 11 is 0. The van der Waals surface area contributed by atoms with E-state index in [0.717, 1.165) is 103 Å². The van der Waals surface area contributed by atoms with Crippen molar-refractivity contribution in [2.75, 3.05) is 34.7 Å². The van der Waals surface area contributed by atoms with Gasteiger partial charge in [0, 0.05) is 47.9 Å². The minimum absolute atomic E-state index is 0.197. The van der Waals surface area contributed by atoms with Crippen LogP contribution in [-0.2, 0) is 59.0 Å². The maximum Gasteiger partial charge on any atom is 0.305 e. The van der Waals surface area contributed by atoms with Crippen LogP contribution in [0, 0.1) is 27.7 Å². The van der Waals surface area contributed by atoms with Crippen molar-refractivity contribution in [2.24, 2.45) is 0 Å². The highest BCUT2D eigenvalue weighted by Crippen LogP contribution is 2.50. The van der Waals surface area contributed by atoms with E-state index in [9.17, 15) is 14.4 Å². The first-order valence-corrected chi connectivity index (χ1v) is 21.3. The van der Waals surface area contributed by atoms with E-state index in [-0.39, 0.29) is 47.1 Å². The van der Waals surface area contributed by atoms with Gasteiger partial charge >= 0.3 is 17.9 Å². The molecule has 1 N–H and O–H groups in total. The van der Waals surface area contributed by atoms with Crippen LogP contribution < -0.4 is 18.9 Å². The minimum Gasteiger partial charge on any atom is -0.487 e. The number of ether oxygens (including phenoxy) is 8. The summed E-state index contributed by atoms with van der Waals surface area (Å²) in [7, 11) is 4.26. The standard InChI is InChI=1S/C24H34O6.C23H34O6/c1-15-16(2)22-18(8-12-24(4,30-22)14-10-20(26)28-6)17-7-11-23(3,29-21(15)17)13-9-19(25)27-5;1-15-16(2)21-18(7-10-23(4,29-21)12-13-27-14-24)17-6-9-22(3,28-20(15)17)11-8-19(25)26-5/h7-14H2,1-6H3;24H,6-14H2,1-5H3. The van der Waals surface area contributed by atoms with Crippen LogP contribution in [0.4, 0.5) is 0 Å². The Morgan fingerprint density at radius 3 is 0.983 bits per heavy atom. The van der Waals surface area contributed by atoms with Gasteiger partial charge in [-0.2, -0.15) is 0 Å². The largest absolute Gasteiger partial charge is 0.487 e. The smallest absolute Gasteiger partial charge is 0.305 e. The van der Waals surface area contributed by atoms with Crippen LogP contribution in [-0.4, -0.2) is 80.1 Å². The van der Waals surface area contributed by atoms with Gasteiger partial charge in [0.1, 0.15) is 52.2 Å². The summed E-state index contributed by atoms with van der Waals surface area (Å²) in [5, 5.41) is 8.87. The van der Waals surface area contributed by atoms with E-state index in [0.29, 0.717) is 45.1 Å². The van der Waals surface area contributed by atoms with Crippen LogP contribution in [0.3, 0.4) is 0 Å². The summed E-state index contributed by atoms with van der Waals surface area (Å²) in [6.07, 6.45) is 10.9. The molecule has 2 aromatic rings. The van der Waals surface area contributed by atoms with Crippen LogP contribution in [0.25, 0.3) is 0 Å². The predicted octanol–water partition coefficient (Wildman–Crippen LogP) is 8.16. The highest BCUT2D eigenvalue weighted by Gasteiger charge is 2.42. The number of esters is 3. The Morgan fingerprint density at radius 1 is 0.492 bits per heavy atom. The lowest BCUT2D eigenvalue weighted by Crippen LogP contribution is -2.40. The van der Waals surface area contributed by atoms with Crippen molar-refractivity contribution in [2.45, 2.75) is 174 Å². The molecule has 0 saturated heterocycles. The molecule has 328 valence electrons. The van der Waals surface area contributed by atoms with Crippen LogP contribution in [0.5, 0.6) is 23.0 Å². The number of aliphatic hydroxyl groups is 1. The Labute approximate surface area is 350 Å². The number of methoxy groups -OCH3 is 3. The van der Waals surface area contributed by atoms with E-state index in [1.54, 1.807) is 0 Å². The molecule has 4 atom stereocenters. The van der Waals surface area contributed by atoms with Crippen LogP contribution in [0.2, 0.25) is 0 Å².